The van der Waals surface area contributed by atoms with Crippen molar-refractivity contribution in [1.29, 1.82) is 0 Å². The quantitative estimate of drug-likeness (QED) is 0.702. The van der Waals surface area contributed by atoms with Gasteiger partial charge in [0.1, 0.15) is 0 Å². The monoisotopic (exact) mass is 227 g/mol. The van der Waals surface area contributed by atoms with Crippen LogP contribution in [-0.2, 0) is 10.0 Å². The van der Waals surface area contributed by atoms with Crippen LogP contribution in [0.25, 0.3) is 0 Å². The number of nitrogens with one attached hydrogen (secondary N) is 1. The third-order valence-corrected chi connectivity index (χ3v) is 3.46. The summed E-state index contributed by atoms with van der Waals surface area (Å²) in [6.07, 6.45) is 4.91. The smallest absolute Gasteiger partial charge is 0.211 e. The molecule has 1 rings (SSSR count). The van der Waals surface area contributed by atoms with Gasteiger partial charge in [0.05, 0.1) is 5.75 Å². The van der Waals surface area contributed by atoms with Crippen molar-refractivity contribution in [2.24, 2.45) is 0 Å². The molecule has 0 heterocycles. The first kappa shape index (κ1) is 13.2. The van der Waals surface area contributed by atoms with Gasteiger partial charge >= 0.3 is 0 Å². The Labute approximate surface area is 86.8 Å². The Morgan fingerprint density at radius 3 is 2.38 bits per heavy atom. The molecule has 0 aliphatic heterocycles. The normalized spacial score (nSPS) is 16.7. The number of hydrogen-bond donors (Lipinski definition) is 1. The van der Waals surface area contributed by atoms with Gasteiger partial charge in [-0.1, -0.05) is 19.8 Å². The van der Waals surface area contributed by atoms with Crippen LogP contribution < -0.4 is 4.72 Å². The van der Waals surface area contributed by atoms with Gasteiger partial charge in [0.15, 0.2) is 0 Å². The molecule has 0 saturated heterocycles. The van der Waals surface area contributed by atoms with Crippen LogP contribution in [0.2, 0.25) is 0 Å². The minimum atomic E-state index is -2.94. The largest absolute Gasteiger partial charge is 0.212 e. The lowest BCUT2D eigenvalue weighted by atomic mass is 10.3. The highest BCUT2D eigenvalue weighted by Crippen LogP contribution is 2.19. The van der Waals surface area contributed by atoms with Crippen molar-refractivity contribution in [2.75, 3.05) is 5.75 Å². The fraction of sp³-hybridized carbons (Fsp3) is 1.00. The minimum Gasteiger partial charge on any atom is -0.212 e. The maximum Gasteiger partial charge on any atom is 0.211 e. The van der Waals surface area contributed by atoms with Crippen molar-refractivity contribution in [3.05, 3.63) is 0 Å². The maximum absolute atomic E-state index is 11.2. The van der Waals surface area contributed by atoms with E-state index in [1.54, 1.807) is 0 Å². The summed E-state index contributed by atoms with van der Waals surface area (Å²) >= 11 is 0. The number of sulfonamides is 1. The van der Waals surface area contributed by atoms with E-state index in [2.05, 4.69) is 11.6 Å². The predicted molar refractivity (Wildman–Crippen MR) is 56.7 cm³/mol. The Morgan fingerprint density at radius 2 is 1.92 bits per heavy atom. The average Bonchev–Trinajstić information content (AvgIpc) is 2.71. The highest BCUT2D eigenvalue weighted by Gasteiger charge is 2.26. The molecule has 0 unspecified atom stereocenters. The van der Waals surface area contributed by atoms with Crippen molar-refractivity contribution >= 4 is 22.4 Å². The lowest BCUT2D eigenvalue weighted by Gasteiger charge is -2.03. The molecular formula is C8H18ClNO2S. The molecule has 0 aromatic heterocycles. The van der Waals surface area contributed by atoms with Crippen LogP contribution in [0.1, 0.15) is 39.0 Å². The zero-order valence-electron chi connectivity index (χ0n) is 7.95. The van der Waals surface area contributed by atoms with Gasteiger partial charge in [-0.05, 0) is 19.3 Å². The molecule has 80 valence electrons. The summed E-state index contributed by atoms with van der Waals surface area (Å²) in [5.74, 6) is 0.303. The molecular weight excluding hydrogens is 210 g/mol. The Bertz CT molecular complexity index is 224. The first-order valence-corrected chi connectivity index (χ1v) is 6.29. The van der Waals surface area contributed by atoms with Crippen LogP contribution in [0.5, 0.6) is 0 Å². The van der Waals surface area contributed by atoms with Gasteiger partial charge in [0.25, 0.3) is 0 Å². The predicted octanol–water partition coefficient (Wildman–Crippen LogP) is 1.68. The van der Waals surface area contributed by atoms with E-state index in [1.807, 2.05) is 0 Å². The fourth-order valence-corrected chi connectivity index (χ4v) is 2.50. The van der Waals surface area contributed by atoms with Gasteiger partial charge in [0.2, 0.25) is 10.0 Å². The molecule has 1 saturated carbocycles. The molecule has 5 heteroatoms. The van der Waals surface area contributed by atoms with Crippen LogP contribution in [0.15, 0.2) is 0 Å². The Morgan fingerprint density at radius 1 is 1.31 bits per heavy atom. The van der Waals surface area contributed by atoms with Gasteiger partial charge in [-0.15, -0.1) is 12.4 Å². The van der Waals surface area contributed by atoms with E-state index >= 15 is 0 Å². The molecule has 0 aromatic rings. The van der Waals surface area contributed by atoms with Crippen LogP contribution in [0.3, 0.4) is 0 Å². The van der Waals surface area contributed by atoms with Crippen molar-refractivity contribution in [3.63, 3.8) is 0 Å². The lowest BCUT2D eigenvalue weighted by molar-refractivity contribution is 0.576. The summed E-state index contributed by atoms with van der Waals surface area (Å²) < 4.78 is 25.2. The van der Waals surface area contributed by atoms with Gasteiger partial charge in [-0.3, -0.25) is 0 Å². The summed E-state index contributed by atoms with van der Waals surface area (Å²) in [6, 6.07) is 0.261. The molecule has 1 aliphatic rings. The van der Waals surface area contributed by atoms with Gasteiger partial charge < -0.3 is 0 Å². The third kappa shape index (κ3) is 6.29. The molecule has 13 heavy (non-hydrogen) atoms. The van der Waals surface area contributed by atoms with Gasteiger partial charge in [-0.2, -0.15) is 0 Å². The van der Waals surface area contributed by atoms with E-state index < -0.39 is 10.0 Å². The Hall–Kier alpha value is 0.200. The number of rotatable bonds is 6. The summed E-state index contributed by atoms with van der Waals surface area (Å²) in [5, 5.41) is 0. The standard InChI is InChI=1S/C8H17NO2S.ClH/c1-2-3-4-7-12(10,11)9-8-5-6-8;/h8-9H,2-7H2,1H3;1H. The summed E-state index contributed by atoms with van der Waals surface area (Å²) in [6.45, 7) is 2.07. The van der Waals surface area contributed by atoms with Gasteiger partial charge in [-0.25, -0.2) is 13.1 Å². The highest BCUT2D eigenvalue weighted by atomic mass is 35.5. The van der Waals surface area contributed by atoms with Crippen molar-refractivity contribution in [2.45, 2.75) is 45.1 Å². The summed E-state index contributed by atoms with van der Waals surface area (Å²) in [4.78, 5) is 0. The average molecular weight is 228 g/mol. The molecule has 1 fully saturated rings. The third-order valence-electron chi connectivity index (χ3n) is 1.94. The van der Waals surface area contributed by atoms with Crippen molar-refractivity contribution in [3.8, 4) is 0 Å². The molecule has 1 aliphatic carbocycles. The zero-order chi connectivity index (χ0) is 9.03. The fourth-order valence-electron chi connectivity index (χ4n) is 1.06. The SMILES string of the molecule is CCCCCS(=O)(=O)NC1CC1.Cl. The van der Waals surface area contributed by atoms with Crippen LogP contribution in [0.4, 0.5) is 0 Å². The second-order valence-corrected chi connectivity index (χ2v) is 5.29. The topological polar surface area (TPSA) is 46.2 Å². The molecule has 0 atom stereocenters. The number of unbranched alkanes of at least 4 members (excludes halogenated alkanes) is 2. The number of hydrogen-bond acceptors (Lipinski definition) is 2. The van der Waals surface area contributed by atoms with E-state index in [-0.39, 0.29) is 18.4 Å². The van der Waals surface area contributed by atoms with Crippen LogP contribution in [-0.4, -0.2) is 20.2 Å². The van der Waals surface area contributed by atoms with E-state index in [4.69, 9.17) is 0 Å². The first-order chi connectivity index (χ1) is 5.64. The van der Waals surface area contributed by atoms with E-state index in [9.17, 15) is 8.42 Å². The number of halogens is 1. The first-order valence-electron chi connectivity index (χ1n) is 4.64. The molecule has 0 radical (unpaired) electrons. The molecule has 3 nitrogen and oxygen atoms in total. The molecule has 0 amide bonds. The second-order valence-electron chi connectivity index (χ2n) is 3.42. The van der Waals surface area contributed by atoms with Crippen LogP contribution in [0, 0.1) is 0 Å². The molecule has 0 aromatic carbocycles. The van der Waals surface area contributed by atoms with Crippen molar-refractivity contribution < 1.29 is 8.42 Å². The summed E-state index contributed by atoms with van der Waals surface area (Å²) in [7, 11) is -2.94. The molecule has 0 bridgehead atoms. The highest BCUT2D eigenvalue weighted by molar-refractivity contribution is 7.89. The molecule has 1 N–H and O–H groups in total. The van der Waals surface area contributed by atoms with Crippen LogP contribution >= 0.6 is 12.4 Å². The second kappa shape index (κ2) is 5.83. The minimum absolute atomic E-state index is 0. The Balaban J connectivity index is 0.00000144. The Kier molecular flexibility index (Phi) is 5.92. The van der Waals surface area contributed by atoms with Crippen molar-refractivity contribution in [1.82, 2.24) is 4.72 Å². The van der Waals surface area contributed by atoms with E-state index in [0.29, 0.717) is 5.75 Å². The lowest BCUT2D eigenvalue weighted by Crippen LogP contribution is -2.28. The maximum atomic E-state index is 11.2. The van der Waals surface area contributed by atoms with Gasteiger partial charge in [0, 0.05) is 6.04 Å². The van der Waals surface area contributed by atoms with E-state index in [0.717, 1.165) is 32.1 Å². The summed E-state index contributed by atoms with van der Waals surface area (Å²) in [5.41, 5.74) is 0. The van der Waals surface area contributed by atoms with E-state index in [1.165, 1.54) is 0 Å². The molecule has 0 spiro atoms. The zero-order valence-corrected chi connectivity index (χ0v) is 9.59.